The molecule has 1 fully saturated rings. The van der Waals surface area contributed by atoms with Crippen molar-refractivity contribution in [2.45, 2.75) is 37.4 Å². The smallest absolute Gasteiger partial charge is 0.103 e. The summed E-state index contributed by atoms with van der Waals surface area (Å²) in [5.74, 6) is 0. The van der Waals surface area contributed by atoms with Gasteiger partial charge in [0.1, 0.15) is 5.60 Å². The molecule has 0 aliphatic heterocycles. The monoisotopic (exact) mass is 145 g/mol. The van der Waals surface area contributed by atoms with Crippen LogP contribution in [0.15, 0.2) is 0 Å². The van der Waals surface area contributed by atoms with Crippen LogP contribution in [0.1, 0.15) is 25.7 Å². The third-order valence-electron chi connectivity index (χ3n) is 2.31. The number of hydrogen-bond acceptors (Lipinski definition) is 3. The van der Waals surface area contributed by atoms with Crippen molar-refractivity contribution >= 4 is 0 Å². The van der Waals surface area contributed by atoms with Crippen molar-refractivity contribution in [1.82, 2.24) is 0 Å². The molecule has 3 nitrogen and oxygen atoms in total. The summed E-state index contributed by atoms with van der Waals surface area (Å²) >= 11 is 0. The minimum Gasteiger partial charge on any atom is -0.390 e. The molecule has 0 heterocycles. The van der Waals surface area contributed by atoms with Crippen LogP contribution in [0.25, 0.3) is 0 Å². The van der Waals surface area contributed by atoms with Crippen molar-refractivity contribution < 1.29 is 10.2 Å². The molecule has 0 aromatic rings. The van der Waals surface area contributed by atoms with Gasteiger partial charge in [-0.05, 0) is 12.8 Å². The summed E-state index contributed by atoms with van der Waals surface area (Å²) in [7, 11) is 0. The van der Waals surface area contributed by atoms with Crippen LogP contribution >= 0.6 is 0 Å². The number of rotatable bonds is 1. The zero-order chi connectivity index (χ0) is 7.61. The highest BCUT2D eigenvalue weighted by Gasteiger charge is 2.36. The van der Waals surface area contributed by atoms with E-state index in [9.17, 15) is 10.2 Å². The zero-order valence-electron chi connectivity index (χ0n) is 6.08. The normalized spacial score (nSPS) is 41.7. The van der Waals surface area contributed by atoms with Crippen molar-refractivity contribution in [2.24, 2.45) is 5.73 Å². The molecule has 0 unspecified atom stereocenters. The maximum absolute atomic E-state index is 9.57. The quantitative estimate of drug-likeness (QED) is 0.471. The average Bonchev–Trinajstić information content (AvgIpc) is 1.96. The van der Waals surface area contributed by atoms with E-state index < -0.39 is 11.7 Å². The van der Waals surface area contributed by atoms with Crippen LogP contribution in [0.5, 0.6) is 0 Å². The molecule has 0 aromatic carbocycles. The Morgan fingerprint density at radius 1 is 1.50 bits per heavy atom. The molecule has 4 N–H and O–H groups in total. The third-order valence-corrected chi connectivity index (χ3v) is 2.31. The summed E-state index contributed by atoms with van der Waals surface area (Å²) in [5.41, 5.74) is 4.33. The molecule has 1 saturated carbocycles. The van der Waals surface area contributed by atoms with Crippen molar-refractivity contribution in [2.75, 3.05) is 6.54 Å². The van der Waals surface area contributed by atoms with Gasteiger partial charge in [-0.15, -0.1) is 0 Å². The maximum atomic E-state index is 9.57. The second kappa shape index (κ2) is 2.86. The largest absolute Gasteiger partial charge is 0.390 e. The van der Waals surface area contributed by atoms with Gasteiger partial charge < -0.3 is 15.9 Å². The average molecular weight is 145 g/mol. The van der Waals surface area contributed by atoms with Gasteiger partial charge in [-0.1, -0.05) is 12.8 Å². The molecule has 0 aromatic heterocycles. The van der Waals surface area contributed by atoms with Gasteiger partial charge in [0.15, 0.2) is 0 Å². The fourth-order valence-electron chi connectivity index (χ4n) is 1.44. The first kappa shape index (κ1) is 7.98. The van der Waals surface area contributed by atoms with E-state index in [0.29, 0.717) is 12.8 Å². The fourth-order valence-corrected chi connectivity index (χ4v) is 1.44. The predicted octanol–water partition coefficient (Wildman–Crippen LogP) is -0.389. The topological polar surface area (TPSA) is 66.5 Å². The van der Waals surface area contributed by atoms with E-state index >= 15 is 0 Å². The predicted molar refractivity (Wildman–Crippen MR) is 38.5 cm³/mol. The molecule has 1 aliphatic carbocycles. The molecule has 0 bridgehead atoms. The molecule has 0 radical (unpaired) electrons. The van der Waals surface area contributed by atoms with Crippen molar-refractivity contribution in [3.05, 3.63) is 0 Å². The molecule has 2 atom stereocenters. The molecule has 60 valence electrons. The van der Waals surface area contributed by atoms with Gasteiger partial charge in [0.2, 0.25) is 0 Å². The van der Waals surface area contributed by atoms with Crippen LogP contribution < -0.4 is 5.73 Å². The highest BCUT2D eigenvalue weighted by Crippen LogP contribution is 2.27. The Kier molecular flexibility index (Phi) is 2.28. The standard InChI is InChI=1S/C7H15NO2/c8-5-7(10)4-2-1-3-6(7)9/h6,9-10H,1-5,8H2/t6-,7+/m1/s1. The first-order valence-corrected chi connectivity index (χ1v) is 3.79. The van der Waals surface area contributed by atoms with E-state index in [4.69, 9.17) is 5.73 Å². The molecular weight excluding hydrogens is 130 g/mol. The molecule has 10 heavy (non-hydrogen) atoms. The van der Waals surface area contributed by atoms with Gasteiger partial charge >= 0.3 is 0 Å². The summed E-state index contributed by atoms with van der Waals surface area (Å²) in [6, 6.07) is 0. The van der Waals surface area contributed by atoms with Crippen LogP contribution in [0, 0.1) is 0 Å². The third kappa shape index (κ3) is 1.31. The molecule has 1 rings (SSSR count). The van der Waals surface area contributed by atoms with Crippen LogP contribution in [0.4, 0.5) is 0 Å². The lowest BCUT2D eigenvalue weighted by molar-refractivity contribution is -0.0925. The minimum atomic E-state index is -0.988. The van der Waals surface area contributed by atoms with E-state index in [1.165, 1.54) is 0 Å². The van der Waals surface area contributed by atoms with Crippen LogP contribution in [-0.2, 0) is 0 Å². The summed E-state index contributed by atoms with van der Waals surface area (Å²) in [6.07, 6.45) is 2.71. The summed E-state index contributed by atoms with van der Waals surface area (Å²) in [5, 5.41) is 18.9. The lowest BCUT2D eigenvalue weighted by Gasteiger charge is -2.35. The van der Waals surface area contributed by atoms with Gasteiger partial charge in [-0.2, -0.15) is 0 Å². The number of aliphatic hydroxyl groups is 2. The first-order chi connectivity index (χ1) is 4.69. The minimum absolute atomic E-state index is 0.175. The highest BCUT2D eigenvalue weighted by molar-refractivity contribution is 4.90. The molecule has 0 saturated heterocycles. The van der Waals surface area contributed by atoms with Crippen LogP contribution in [0.3, 0.4) is 0 Å². The summed E-state index contributed by atoms with van der Waals surface area (Å²) in [6.45, 7) is 0.175. The van der Waals surface area contributed by atoms with Crippen molar-refractivity contribution in [1.29, 1.82) is 0 Å². The molecule has 0 spiro atoms. The second-order valence-electron chi connectivity index (χ2n) is 3.07. The van der Waals surface area contributed by atoms with Gasteiger partial charge in [0, 0.05) is 6.54 Å². The molecule has 1 aliphatic rings. The van der Waals surface area contributed by atoms with Crippen molar-refractivity contribution in [3.63, 3.8) is 0 Å². The van der Waals surface area contributed by atoms with Gasteiger partial charge in [-0.3, -0.25) is 0 Å². The SMILES string of the molecule is NC[C@@]1(O)CCCC[C@H]1O. The Labute approximate surface area is 60.9 Å². The van der Waals surface area contributed by atoms with E-state index in [-0.39, 0.29) is 6.54 Å². The van der Waals surface area contributed by atoms with Crippen molar-refractivity contribution in [3.8, 4) is 0 Å². The summed E-state index contributed by atoms with van der Waals surface area (Å²) < 4.78 is 0. The van der Waals surface area contributed by atoms with Gasteiger partial charge in [-0.25, -0.2) is 0 Å². The number of nitrogens with two attached hydrogens (primary N) is 1. The van der Waals surface area contributed by atoms with E-state index in [1.54, 1.807) is 0 Å². The highest BCUT2D eigenvalue weighted by atomic mass is 16.3. The van der Waals surface area contributed by atoms with Crippen LogP contribution in [0.2, 0.25) is 0 Å². The second-order valence-corrected chi connectivity index (χ2v) is 3.07. The Bertz CT molecular complexity index is 118. The Morgan fingerprint density at radius 2 is 2.20 bits per heavy atom. The fraction of sp³-hybridized carbons (Fsp3) is 1.00. The lowest BCUT2D eigenvalue weighted by atomic mass is 9.82. The van der Waals surface area contributed by atoms with Crippen LogP contribution in [-0.4, -0.2) is 28.5 Å². The van der Waals surface area contributed by atoms with E-state index in [2.05, 4.69) is 0 Å². The first-order valence-electron chi connectivity index (χ1n) is 3.79. The lowest BCUT2D eigenvalue weighted by Crippen LogP contribution is -2.50. The Balaban J connectivity index is 2.54. The Morgan fingerprint density at radius 3 is 2.60 bits per heavy atom. The molecule has 0 amide bonds. The molecule has 3 heteroatoms. The Hall–Kier alpha value is -0.120. The zero-order valence-corrected chi connectivity index (χ0v) is 6.08. The summed E-state index contributed by atoms with van der Waals surface area (Å²) in [4.78, 5) is 0. The molecular formula is C7H15NO2. The number of aliphatic hydroxyl groups excluding tert-OH is 1. The van der Waals surface area contributed by atoms with Gasteiger partial charge in [0.25, 0.3) is 0 Å². The van der Waals surface area contributed by atoms with E-state index in [0.717, 1.165) is 12.8 Å². The maximum Gasteiger partial charge on any atom is 0.103 e. The van der Waals surface area contributed by atoms with Gasteiger partial charge in [0.05, 0.1) is 6.10 Å². The number of hydrogen-bond donors (Lipinski definition) is 3. The van der Waals surface area contributed by atoms with E-state index in [1.807, 2.05) is 0 Å².